The number of unbranched alkanes of at least 4 members (excludes halogenated alkanes) is 1. The molecule has 0 aliphatic heterocycles. The highest BCUT2D eigenvalue weighted by molar-refractivity contribution is 5.88. The molecule has 0 aromatic carbocycles. The number of hydrogen-bond acceptors (Lipinski definition) is 14. The van der Waals surface area contributed by atoms with E-state index in [-0.39, 0.29) is 25.8 Å². The number of carbonyl (C=O) groups excluding carboxylic acids is 5. The monoisotopic (exact) mass is 704 g/mol. The van der Waals surface area contributed by atoms with Crippen molar-refractivity contribution in [2.24, 2.45) is 0 Å². The predicted molar refractivity (Wildman–Crippen MR) is 186 cm³/mol. The molecule has 0 saturated carbocycles. The molecule has 0 aliphatic rings. The minimum atomic E-state index is -0.608. The highest BCUT2D eigenvalue weighted by Gasteiger charge is 2.09. The van der Waals surface area contributed by atoms with Crippen LogP contribution < -0.4 is 0 Å². The standard InChI is InChI=1S/C8H14O3.C8H14O2.2C7H12O3.C5H8O3/c1-5-10-7(4)11-8(9)6(2)3;1-4-5-6-10-8(9)7(2)3;1-5(2)7(8)10-6(3)9-4;1-5(2)7(9)10-4-6(3)8;1-2-5(7)8-4-3-6/h7H,2,5H2,1,3-4H3;2,4-6H2,1,3H3;6H,1H2,2-4H3;6,8H,1,4H2,2-3H3;2,6H,1,3-4H2. The van der Waals surface area contributed by atoms with E-state index in [2.05, 4.69) is 54.0 Å². The lowest BCUT2D eigenvalue weighted by atomic mass is 10.3. The maximum Gasteiger partial charge on any atom is 0.335 e. The first-order valence-corrected chi connectivity index (χ1v) is 15.3. The molecule has 2 N–H and O–H groups in total. The fraction of sp³-hybridized carbons (Fsp3) is 0.571. The van der Waals surface area contributed by atoms with Crippen molar-refractivity contribution in [2.75, 3.05) is 40.1 Å². The first-order chi connectivity index (χ1) is 22.7. The first kappa shape index (κ1) is 54.3. The Morgan fingerprint density at radius 2 is 1.12 bits per heavy atom. The Morgan fingerprint density at radius 1 is 0.694 bits per heavy atom. The van der Waals surface area contributed by atoms with Gasteiger partial charge in [0.05, 0.1) is 19.3 Å². The van der Waals surface area contributed by atoms with Crippen molar-refractivity contribution in [3.05, 3.63) is 61.3 Å². The van der Waals surface area contributed by atoms with E-state index in [4.69, 9.17) is 29.2 Å². The highest BCUT2D eigenvalue weighted by Crippen LogP contribution is 1.99. The summed E-state index contributed by atoms with van der Waals surface area (Å²) < 4.78 is 32.9. The molecule has 3 unspecified atom stereocenters. The summed E-state index contributed by atoms with van der Waals surface area (Å²) in [6.45, 7) is 33.0. The van der Waals surface area contributed by atoms with Gasteiger partial charge in [0.15, 0.2) is 12.6 Å². The molecule has 0 saturated heterocycles. The predicted octanol–water partition coefficient (Wildman–Crippen LogP) is 4.69. The summed E-state index contributed by atoms with van der Waals surface area (Å²) in [5, 5.41) is 16.8. The molecule has 0 fully saturated rings. The number of hydrogen-bond donors (Lipinski definition) is 2. The van der Waals surface area contributed by atoms with Gasteiger partial charge in [-0.15, -0.1) is 0 Å². The molecule has 49 heavy (non-hydrogen) atoms. The fourth-order valence-corrected chi connectivity index (χ4v) is 1.78. The Balaban J connectivity index is -0.000000165. The van der Waals surface area contributed by atoms with Crippen LogP contribution in [-0.4, -0.2) is 98.9 Å². The van der Waals surface area contributed by atoms with Crippen LogP contribution in [0.5, 0.6) is 0 Å². The number of aliphatic hydroxyl groups excluding tert-OH is 2. The van der Waals surface area contributed by atoms with Crippen LogP contribution in [0.3, 0.4) is 0 Å². The average molecular weight is 705 g/mol. The quantitative estimate of drug-likeness (QED) is 0.0697. The van der Waals surface area contributed by atoms with Crippen LogP contribution in [0.1, 0.15) is 75.2 Å². The number of rotatable bonds is 17. The molecule has 0 aromatic rings. The topological polar surface area (TPSA) is 190 Å². The Labute approximate surface area is 292 Å². The Morgan fingerprint density at radius 3 is 1.45 bits per heavy atom. The molecule has 0 spiro atoms. The van der Waals surface area contributed by atoms with Gasteiger partial charge >= 0.3 is 29.8 Å². The Hall–Kier alpha value is -4.11. The van der Waals surface area contributed by atoms with Crippen LogP contribution in [0.15, 0.2) is 61.3 Å². The third-order valence-corrected chi connectivity index (χ3v) is 4.36. The van der Waals surface area contributed by atoms with Crippen molar-refractivity contribution >= 4 is 29.8 Å². The van der Waals surface area contributed by atoms with E-state index in [9.17, 15) is 24.0 Å². The van der Waals surface area contributed by atoms with E-state index >= 15 is 0 Å². The van der Waals surface area contributed by atoms with Gasteiger partial charge in [-0.25, -0.2) is 24.0 Å². The van der Waals surface area contributed by atoms with E-state index in [0.717, 1.165) is 18.9 Å². The fourth-order valence-electron chi connectivity index (χ4n) is 1.78. The molecule has 0 bridgehead atoms. The van der Waals surface area contributed by atoms with Crippen molar-refractivity contribution < 1.29 is 67.3 Å². The zero-order valence-electron chi connectivity index (χ0n) is 31.1. The number of methoxy groups -OCH3 is 1. The molecule has 3 atom stereocenters. The van der Waals surface area contributed by atoms with Crippen molar-refractivity contribution in [3.8, 4) is 0 Å². The van der Waals surface area contributed by atoms with Gasteiger partial charge in [-0.1, -0.05) is 46.2 Å². The average Bonchev–Trinajstić information content (AvgIpc) is 3.03. The third-order valence-electron chi connectivity index (χ3n) is 4.36. The van der Waals surface area contributed by atoms with Gasteiger partial charge in [-0.05, 0) is 61.8 Å². The van der Waals surface area contributed by atoms with Crippen LogP contribution in [-0.2, 0) is 57.1 Å². The zero-order chi connectivity index (χ0) is 39.5. The summed E-state index contributed by atoms with van der Waals surface area (Å²) in [4.78, 5) is 53.0. The van der Waals surface area contributed by atoms with Gasteiger partial charge < -0.3 is 43.4 Å². The van der Waals surface area contributed by atoms with E-state index in [1.165, 1.54) is 7.11 Å². The molecular weight excluding hydrogens is 644 g/mol. The molecule has 0 heterocycles. The van der Waals surface area contributed by atoms with Gasteiger partial charge in [0.1, 0.15) is 13.2 Å². The van der Waals surface area contributed by atoms with Gasteiger partial charge in [0, 0.05) is 42.1 Å². The number of ether oxygens (including phenoxy) is 7. The van der Waals surface area contributed by atoms with Crippen LogP contribution in [0.2, 0.25) is 0 Å². The molecule has 14 heteroatoms. The van der Waals surface area contributed by atoms with Crippen LogP contribution in [0, 0.1) is 0 Å². The van der Waals surface area contributed by atoms with Crippen LogP contribution >= 0.6 is 0 Å². The summed E-state index contributed by atoms with van der Waals surface area (Å²) in [6, 6.07) is 0. The lowest BCUT2D eigenvalue weighted by Gasteiger charge is -2.11. The number of carbonyl (C=O) groups is 5. The molecular formula is C35H60O14. The molecule has 284 valence electrons. The summed E-state index contributed by atoms with van der Waals surface area (Å²) in [5.74, 6) is -2.08. The van der Waals surface area contributed by atoms with Crippen molar-refractivity contribution in [1.29, 1.82) is 0 Å². The van der Waals surface area contributed by atoms with Crippen molar-refractivity contribution in [3.63, 3.8) is 0 Å². The molecule has 0 amide bonds. The minimum absolute atomic E-state index is 0.0334. The number of aliphatic hydroxyl groups is 2. The smallest absolute Gasteiger partial charge is 0.335 e. The second-order valence-corrected chi connectivity index (χ2v) is 9.79. The normalized spacial score (nSPS) is 10.9. The van der Waals surface area contributed by atoms with Crippen molar-refractivity contribution in [1.82, 2.24) is 0 Å². The molecule has 0 aromatic heterocycles. The summed E-state index contributed by atoms with van der Waals surface area (Å²) >= 11 is 0. The van der Waals surface area contributed by atoms with Crippen LogP contribution in [0.4, 0.5) is 0 Å². The summed E-state index contributed by atoms with van der Waals surface area (Å²) in [6.07, 6.45) is 1.44. The number of esters is 5. The largest absolute Gasteiger partial charge is 0.462 e. The van der Waals surface area contributed by atoms with Gasteiger partial charge in [0.25, 0.3) is 0 Å². The van der Waals surface area contributed by atoms with E-state index in [1.54, 1.807) is 48.5 Å². The second-order valence-electron chi connectivity index (χ2n) is 9.79. The van der Waals surface area contributed by atoms with Gasteiger partial charge in [0.2, 0.25) is 0 Å². The van der Waals surface area contributed by atoms with Gasteiger partial charge in [-0.2, -0.15) is 0 Å². The first-order valence-electron chi connectivity index (χ1n) is 15.3. The van der Waals surface area contributed by atoms with Crippen LogP contribution in [0.25, 0.3) is 0 Å². The molecule has 0 radical (unpaired) electrons. The molecule has 0 aliphatic carbocycles. The van der Waals surface area contributed by atoms with E-state index in [1.807, 2.05) is 6.92 Å². The molecule has 14 nitrogen and oxygen atoms in total. The minimum Gasteiger partial charge on any atom is -0.462 e. The maximum absolute atomic E-state index is 10.8. The lowest BCUT2D eigenvalue weighted by Crippen LogP contribution is -2.18. The second kappa shape index (κ2) is 36.7. The zero-order valence-corrected chi connectivity index (χ0v) is 31.1. The maximum atomic E-state index is 10.8. The van der Waals surface area contributed by atoms with E-state index in [0.29, 0.717) is 35.5 Å². The molecule has 0 rings (SSSR count). The Bertz CT molecular complexity index is 1010. The summed E-state index contributed by atoms with van der Waals surface area (Å²) in [7, 11) is 1.47. The van der Waals surface area contributed by atoms with E-state index < -0.39 is 42.6 Å². The lowest BCUT2D eigenvalue weighted by molar-refractivity contribution is -0.169. The SMILES string of the molecule is C=C(C)C(=O)OC(C)OC.C=C(C)C(=O)OC(C)OCC.C=C(C)C(=O)OCC(C)O.C=C(C)C(=O)OCCCC.C=CC(=O)OCCO. The summed E-state index contributed by atoms with van der Waals surface area (Å²) in [5.41, 5.74) is 1.58. The Kier molecular flexibility index (Phi) is 40.7. The van der Waals surface area contributed by atoms with Gasteiger partial charge in [-0.3, -0.25) is 0 Å². The highest BCUT2D eigenvalue weighted by atomic mass is 16.7. The van der Waals surface area contributed by atoms with Crippen molar-refractivity contribution in [2.45, 2.75) is 93.8 Å². The third kappa shape index (κ3) is 46.1.